The molecule has 26 heavy (non-hydrogen) atoms. The van der Waals surface area contributed by atoms with E-state index in [1.807, 2.05) is 0 Å². The summed E-state index contributed by atoms with van der Waals surface area (Å²) in [5, 5.41) is 0. The summed E-state index contributed by atoms with van der Waals surface area (Å²) < 4.78 is 54.4. The quantitative estimate of drug-likeness (QED) is 0.664. The highest BCUT2D eigenvalue weighted by Gasteiger charge is 2.35. The van der Waals surface area contributed by atoms with Gasteiger partial charge in [0, 0.05) is 13.5 Å². The number of alkyl halides is 3. The Bertz CT molecular complexity index is 989. The van der Waals surface area contributed by atoms with Gasteiger partial charge in [-0.25, -0.2) is 14.4 Å². The average molecular weight is 368 g/mol. The Morgan fingerprint density at radius 2 is 1.85 bits per heavy atom. The smallest absolute Gasteiger partial charge is 0.318 e. The lowest BCUT2D eigenvalue weighted by Crippen LogP contribution is -2.26. The third kappa shape index (κ3) is 3.33. The summed E-state index contributed by atoms with van der Waals surface area (Å²) in [5.41, 5.74) is 0.218. The van der Waals surface area contributed by atoms with Crippen LogP contribution in [0.4, 0.5) is 17.6 Å². The van der Waals surface area contributed by atoms with Crippen molar-refractivity contribution in [1.29, 1.82) is 0 Å². The third-order valence-corrected chi connectivity index (χ3v) is 4.25. The number of nitrogens with zero attached hydrogens (tertiary/aromatic N) is 4. The van der Waals surface area contributed by atoms with Crippen molar-refractivity contribution in [3.05, 3.63) is 52.6 Å². The lowest BCUT2D eigenvalue weighted by molar-refractivity contribution is -0.171. The van der Waals surface area contributed by atoms with Gasteiger partial charge in [-0.05, 0) is 30.7 Å². The van der Waals surface area contributed by atoms with Crippen LogP contribution in [-0.2, 0) is 13.5 Å². The SMILES string of the molecule is CC(CCc1nc2c(ncn2C)c(=O)n1-c1ccc(F)cc1)C(F)(F)F. The van der Waals surface area contributed by atoms with Crippen molar-refractivity contribution in [3.63, 3.8) is 0 Å². The second-order valence-corrected chi connectivity index (χ2v) is 6.15. The molecule has 0 bridgehead atoms. The Hall–Kier alpha value is -2.71. The Labute approximate surface area is 145 Å². The molecular formula is C17H16F4N4O. The number of aryl methyl sites for hydroxylation is 2. The predicted octanol–water partition coefficient (Wildman–Crippen LogP) is 3.39. The van der Waals surface area contributed by atoms with Gasteiger partial charge in [-0.2, -0.15) is 13.2 Å². The van der Waals surface area contributed by atoms with Crippen molar-refractivity contribution >= 4 is 11.2 Å². The number of halogens is 4. The lowest BCUT2D eigenvalue weighted by atomic mass is 10.0. The van der Waals surface area contributed by atoms with Crippen LogP contribution in [0.3, 0.4) is 0 Å². The van der Waals surface area contributed by atoms with Crippen molar-refractivity contribution < 1.29 is 17.6 Å². The molecule has 0 saturated heterocycles. The molecule has 2 aromatic heterocycles. The van der Waals surface area contributed by atoms with E-state index in [4.69, 9.17) is 0 Å². The number of hydrogen-bond acceptors (Lipinski definition) is 3. The van der Waals surface area contributed by atoms with Crippen LogP contribution in [-0.4, -0.2) is 25.3 Å². The molecule has 2 heterocycles. The zero-order chi connectivity index (χ0) is 19.1. The van der Waals surface area contributed by atoms with Gasteiger partial charge in [0.05, 0.1) is 17.9 Å². The molecule has 9 heteroatoms. The molecule has 0 aliphatic rings. The first kappa shape index (κ1) is 18.1. The fraction of sp³-hybridized carbons (Fsp3) is 0.353. The Morgan fingerprint density at radius 1 is 1.19 bits per heavy atom. The molecule has 138 valence electrons. The van der Waals surface area contributed by atoms with Gasteiger partial charge in [0.2, 0.25) is 0 Å². The van der Waals surface area contributed by atoms with Crippen molar-refractivity contribution in [2.75, 3.05) is 0 Å². The molecule has 3 aromatic rings. The second-order valence-electron chi connectivity index (χ2n) is 6.15. The predicted molar refractivity (Wildman–Crippen MR) is 87.6 cm³/mol. The number of rotatable bonds is 4. The number of benzene rings is 1. The Kier molecular flexibility index (Phi) is 4.55. The second kappa shape index (κ2) is 6.54. The molecule has 0 fully saturated rings. The first-order valence-corrected chi connectivity index (χ1v) is 7.94. The normalized spacial score (nSPS) is 13.3. The van der Waals surface area contributed by atoms with Crippen LogP contribution in [0.25, 0.3) is 16.9 Å². The van der Waals surface area contributed by atoms with E-state index in [2.05, 4.69) is 9.97 Å². The van der Waals surface area contributed by atoms with Crippen LogP contribution in [0.5, 0.6) is 0 Å². The van der Waals surface area contributed by atoms with Crippen molar-refractivity contribution in [1.82, 2.24) is 19.1 Å². The van der Waals surface area contributed by atoms with Crippen LogP contribution in [0.1, 0.15) is 19.2 Å². The fourth-order valence-electron chi connectivity index (χ4n) is 2.64. The zero-order valence-corrected chi connectivity index (χ0v) is 14.1. The maximum atomic E-state index is 13.2. The van der Waals surface area contributed by atoms with E-state index in [-0.39, 0.29) is 24.2 Å². The minimum Gasteiger partial charge on any atom is -0.318 e. The van der Waals surface area contributed by atoms with Crippen molar-refractivity contribution in [2.45, 2.75) is 25.9 Å². The maximum Gasteiger partial charge on any atom is 0.391 e. The van der Waals surface area contributed by atoms with Crippen molar-refractivity contribution in [3.8, 4) is 5.69 Å². The van der Waals surface area contributed by atoms with Crippen LogP contribution < -0.4 is 5.56 Å². The van der Waals surface area contributed by atoms with E-state index >= 15 is 0 Å². The summed E-state index contributed by atoms with van der Waals surface area (Å²) in [6.45, 7) is 1.09. The molecule has 1 unspecified atom stereocenters. The molecule has 0 aliphatic heterocycles. The minimum atomic E-state index is -4.32. The van der Waals surface area contributed by atoms with E-state index in [1.165, 1.54) is 39.7 Å². The monoisotopic (exact) mass is 368 g/mol. The Balaban J connectivity index is 2.12. The maximum absolute atomic E-state index is 13.2. The molecule has 3 rings (SSSR count). The number of aromatic nitrogens is 4. The van der Waals surface area contributed by atoms with Gasteiger partial charge < -0.3 is 4.57 Å². The van der Waals surface area contributed by atoms with E-state index < -0.39 is 23.5 Å². The number of hydrogen-bond donors (Lipinski definition) is 0. The largest absolute Gasteiger partial charge is 0.391 e. The summed E-state index contributed by atoms with van der Waals surface area (Å²) in [4.78, 5) is 21.2. The highest BCUT2D eigenvalue weighted by Crippen LogP contribution is 2.29. The molecule has 1 aromatic carbocycles. The summed E-state index contributed by atoms with van der Waals surface area (Å²) in [6.07, 6.45) is -3.19. The molecule has 0 spiro atoms. The molecule has 0 radical (unpaired) electrons. The first-order valence-electron chi connectivity index (χ1n) is 7.94. The van der Waals surface area contributed by atoms with Gasteiger partial charge in [0.25, 0.3) is 5.56 Å². The minimum absolute atomic E-state index is 0.0611. The van der Waals surface area contributed by atoms with Gasteiger partial charge in [-0.15, -0.1) is 0 Å². The third-order valence-electron chi connectivity index (χ3n) is 4.25. The first-order chi connectivity index (χ1) is 12.2. The summed E-state index contributed by atoms with van der Waals surface area (Å²) >= 11 is 0. The molecular weight excluding hydrogens is 352 g/mol. The summed E-state index contributed by atoms with van der Waals surface area (Å²) in [6, 6.07) is 5.10. The fourth-order valence-corrected chi connectivity index (χ4v) is 2.64. The van der Waals surface area contributed by atoms with Crippen LogP contribution in [0, 0.1) is 11.7 Å². The molecule has 1 atom stereocenters. The summed E-state index contributed by atoms with van der Waals surface area (Å²) in [7, 11) is 1.64. The van der Waals surface area contributed by atoms with E-state index in [0.717, 1.165) is 6.92 Å². The van der Waals surface area contributed by atoms with E-state index in [1.54, 1.807) is 7.05 Å². The highest BCUT2D eigenvalue weighted by atomic mass is 19.4. The van der Waals surface area contributed by atoms with Gasteiger partial charge in [-0.3, -0.25) is 9.36 Å². The number of imidazole rings is 1. The molecule has 0 saturated carbocycles. The van der Waals surface area contributed by atoms with Gasteiger partial charge in [-0.1, -0.05) is 6.92 Å². The highest BCUT2D eigenvalue weighted by molar-refractivity contribution is 5.70. The Morgan fingerprint density at radius 3 is 2.46 bits per heavy atom. The van der Waals surface area contributed by atoms with E-state index in [9.17, 15) is 22.4 Å². The number of fused-ring (bicyclic) bond motifs is 1. The molecule has 0 aliphatic carbocycles. The van der Waals surface area contributed by atoms with E-state index in [0.29, 0.717) is 11.3 Å². The standard InChI is InChI=1S/C17H16F4N4O/c1-10(17(19,20)21)3-8-13-23-15-14(22-9-24(15)2)16(26)25(13)12-6-4-11(18)5-7-12/h4-7,9-10H,3,8H2,1-2H3. The zero-order valence-electron chi connectivity index (χ0n) is 14.1. The van der Waals surface area contributed by atoms with Crippen LogP contribution in [0.15, 0.2) is 35.4 Å². The van der Waals surface area contributed by atoms with Crippen molar-refractivity contribution in [2.24, 2.45) is 13.0 Å². The van der Waals surface area contributed by atoms with Crippen LogP contribution >= 0.6 is 0 Å². The van der Waals surface area contributed by atoms with Crippen LogP contribution in [0.2, 0.25) is 0 Å². The van der Waals surface area contributed by atoms with Gasteiger partial charge >= 0.3 is 6.18 Å². The molecule has 5 nitrogen and oxygen atoms in total. The van der Waals surface area contributed by atoms with Gasteiger partial charge in [0.1, 0.15) is 11.6 Å². The summed E-state index contributed by atoms with van der Waals surface area (Å²) in [5.74, 6) is -1.85. The topological polar surface area (TPSA) is 52.7 Å². The average Bonchev–Trinajstić information content (AvgIpc) is 2.94. The lowest BCUT2D eigenvalue weighted by Gasteiger charge is -2.17. The van der Waals surface area contributed by atoms with Gasteiger partial charge in [0.15, 0.2) is 11.2 Å². The molecule has 0 N–H and O–H groups in total. The molecule has 0 amide bonds.